The van der Waals surface area contributed by atoms with Crippen LogP contribution in [0.1, 0.15) is 12.8 Å². The highest BCUT2D eigenvalue weighted by Gasteiger charge is 2.17. The molecule has 14 heavy (non-hydrogen) atoms. The zero-order chi connectivity index (χ0) is 10.4. The molecule has 1 saturated heterocycles. The van der Waals surface area contributed by atoms with Crippen LogP contribution in [0.3, 0.4) is 0 Å². The molecule has 0 unspecified atom stereocenters. The number of Topliss-reactive ketones (excluding diaryl/α,β-unsaturated/α-hetero) is 1. The lowest BCUT2D eigenvalue weighted by molar-refractivity contribution is -0.126. The number of hydrogen-bond acceptors (Lipinski definition) is 3. The molecule has 0 bridgehead atoms. The third-order valence-electron chi connectivity index (χ3n) is 2.22. The molecule has 0 aromatic rings. The number of amides is 1. The van der Waals surface area contributed by atoms with Gasteiger partial charge in [0, 0.05) is 32.5 Å². The average molecular weight is 196 g/mol. The minimum absolute atomic E-state index is 0.000695. The van der Waals surface area contributed by atoms with Gasteiger partial charge in [-0.15, -0.1) is 6.58 Å². The Kier molecular flexibility index (Phi) is 4.32. The third kappa shape index (κ3) is 3.70. The van der Waals surface area contributed by atoms with Crippen molar-refractivity contribution in [2.45, 2.75) is 12.8 Å². The minimum Gasteiger partial charge on any atom is -0.352 e. The topological polar surface area (TPSA) is 49.4 Å². The van der Waals surface area contributed by atoms with E-state index in [-0.39, 0.29) is 5.91 Å². The Hall–Kier alpha value is -1.16. The number of piperidine rings is 1. The second kappa shape index (κ2) is 5.54. The van der Waals surface area contributed by atoms with E-state index in [9.17, 15) is 9.59 Å². The maximum absolute atomic E-state index is 11.3. The van der Waals surface area contributed by atoms with Gasteiger partial charge in [0.05, 0.1) is 6.54 Å². The van der Waals surface area contributed by atoms with Crippen molar-refractivity contribution < 1.29 is 9.59 Å². The van der Waals surface area contributed by atoms with Gasteiger partial charge >= 0.3 is 0 Å². The zero-order valence-electron chi connectivity index (χ0n) is 8.29. The second-order valence-electron chi connectivity index (χ2n) is 3.41. The van der Waals surface area contributed by atoms with Crippen LogP contribution in [0, 0.1) is 0 Å². The highest BCUT2D eigenvalue weighted by molar-refractivity contribution is 5.81. The van der Waals surface area contributed by atoms with Gasteiger partial charge in [-0.2, -0.15) is 0 Å². The lowest BCUT2D eigenvalue weighted by Crippen LogP contribution is -2.41. The van der Waals surface area contributed by atoms with Crippen LogP contribution in [-0.2, 0) is 9.59 Å². The minimum atomic E-state index is -0.000695. The molecule has 4 heteroatoms. The summed E-state index contributed by atoms with van der Waals surface area (Å²) in [7, 11) is 0. The number of likely N-dealkylation sites (tertiary alicyclic amines) is 1. The Morgan fingerprint density at radius 2 is 2.14 bits per heavy atom. The first kappa shape index (κ1) is 10.9. The van der Waals surface area contributed by atoms with Gasteiger partial charge in [-0.3, -0.25) is 14.5 Å². The van der Waals surface area contributed by atoms with Crippen molar-refractivity contribution in [1.29, 1.82) is 0 Å². The van der Waals surface area contributed by atoms with Gasteiger partial charge in [-0.05, 0) is 0 Å². The van der Waals surface area contributed by atoms with E-state index in [1.807, 2.05) is 4.90 Å². The number of ketones is 1. The summed E-state index contributed by atoms with van der Waals surface area (Å²) < 4.78 is 0. The molecule has 1 amide bonds. The van der Waals surface area contributed by atoms with E-state index in [0.29, 0.717) is 44.8 Å². The lowest BCUT2D eigenvalue weighted by atomic mass is 10.1. The fourth-order valence-electron chi connectivity index (χ4n) is 1.41. The Morgan fingerprint density at radius 1 is 1.50 bits per heavy atom. The maximum Gasteiger partial charge on any atom is 0.234 e. The molecule has 0 aromatic heterocycles. The van der Waals surface area contributed by atoms with Crippen LogP contribution in [0.4, 0.5) is 0 Å². The molecule has 78 valence electrons. The van der Waals surface area contributed by atoms with Crippen molar-refractivity contribution in [3.63, 3.8) is 0 Å². The molecular formula is C10H16N2O2. The maximum atomic E-state index is 11.3. The molecule has 1 heterocycles. The van der Waals surface area contributed by atoms with Gasteiger partial charge in [0.25, 0.3) is 0 Å². The summed E-state index contributed by atoms with van der Waals surface area (Å²) in [4.78, 5) is 24.2. The van der Waals surface area contributed by atoms with Crippen LogP contribution in [0.25, 0.3) is 0 Å². The molecular weight excluding hydrogens is 180 g/mol. The lowest BCUT2D eigenvalue weighted by Gasteiger charge is -2.24. The van der Waals surface area contributed by atoms with Crippen molar-refractivity contribution in [2.24, 2.45) is 0 Å². The molecule has 1 aliphatic heterocycles. The number of nitrogens with one attached hydrogen (secondary N) is 1. The van der Waals surface area contributed by atoms with E-state index >= 15 is 0 Å². The summed E-state index contributed by atoms with van der Waals surface area (Å²) in [6.07, 6.45) is 2.81. The molecule has 0 atom stereocenters. The van der Waals surface area contributed by atoms with E-state index in [4.69, 9.17) is 0 Å². The first-order valence-electron chi connectivity index (χ1n) is 4.84. The van der Waals surface area contributed by atoms with Crippen LogP contribution in [-0.4, -0.2) is 42.8 Å². The Balaban J connectivity index is 2.20. The summed E-state index contributed by atoms with van der Waals surface area (Å²) >= 11 is 0. The number of hydrogen-bond donors (Lipinski definition) is 1. The van der Waals surface area contributed by atoms with Gasteiger partial charge in [0.15, 0.2) is 0 Å². The van der Waals surface area contributed by atoms with E-state index in [2.05, 4.69) is 11.9 Å². The molecule has 4 nitrogen and oxygen atoms in total. The summed E-state index contributed by atoms with van der Waals surface area (Å²) in [5.74, 6) is 0.298. The van der Waals surface area contributed by atoms with Crippen LogP contribution in [0.5, 0.6) is 0 Å². The number of nitrogens with zero attached hydrogens (tertiary/aromatic N) is 1. The summed E-state index contributed by atoms with van der Waals surface area (Å²) in [5.41, 5.74) is 0. The quantitative estimate of drug-likeness (QED) is 0.641. The first-order chi connectivity index (χ1) is 6.72. The Labute approximate surface area is 84.0 Å². The summed E-state index contributed by atoms with van der Waals surface area (Å²) in [6.45, 7) is 5.83. The SMILES string of the molecule is C=CCNC(=O)CN1CCC(=O)CC1. The smallest absolute Gasteiger partial charge is 0.234 e. The van der Waals surface area contributed by atoms with Crippen LogP contribution >= 0.6 is 0 Å². The van der Waals surface area contributed by atoms with E-state index < -0.39 is 0 Å². The van der Waals surface area contributed by atoms with Gasteiger partial charge in [-0.1, -0.05) is 6.08 Å². The normalized spacial score (nSPS) is 17.9. The van der Waals surface area contributed by atoms with E-state index in [0.717, 1.165) is 0 Å². The molecule has 1 aliphatic rings. The molecule has 0 radical (unpaired) electrons. The molecule has 0 saturated carbocycles. The van der Waals surface area contributed by atoms with Crippen molar-refractivity contribution in [3.8, 4) is 0 Å². The zero-order valence-corrected chi connectivity index (χ0v) is 8.29. The second-order valence-corrected chi connectivity index (χ2v) is 3.41. The van der Waals surface area contributed by atoms with Gasteiger partial charge in [-0.25, -0.2) is 0 Å². The fraction of sp³-hybridized carbons (Fsp3) is 0.600. The van der Waals surface area contributed by atoms with Gasteiger partial charge < -0.3 is 5.32 Å². The molecule has 1 rings (SSSR count). The summed E-state index contributed by atoms with van der Waals surface area (Å²) in [6, 6.07) is 0. The molecule has 1 fully saturated rings. The van der Waals surface area contributed by atoms with Crippen molar-refractivity contribution in [3.05, 3.63) is 12.7 Å². The van der Waals surface area contributed by atoms with Gasteiger partial charge in [0.2, 0.25) is 5.91 Å². The molecule has 1 N–H and O–H groups in total. The average Bonchev–Trinajstić information content (AvgIpc) is 2.18. The van der Waals surface area contributed by atoms with Gasteiger partial charge in [0.1, 0.15) is 5.78 Å². The van der Waals surface area contributed by atoms with Crippen LogP contribution in [0.2, 0.25) is 0 Å². The molecule has 0 aromatic carbocycles. The predicted molar refractivity (Wildman–Crippen MR) is 53.9 cm³/mol. The van der Waals surface area contributed by atoms with Crippen LogP contribution in [0.15, 0.2) is 12.7 Å². The highest BCUT2D eigenvalue weighted by Crippen LogP contribution is 2.04. The predicted octanol–water partition coefficient (Wildman–Crippen LogP) is -0.0465. The van der Waals surface area contributed by atoms with Crippen molar-refractivity contribution >= 4 is 11.7 Å². The fourth-order valence-corrected chi connectivity index (χ4v) is 1.41. The first-order valence-corrected chi connectivity index (χ1v) is 4.84. The van der Waals surface area contributed by atoms with Crippen molar-refractivity contribution in [2.75, 3.05) is 26.2 Å². The third-order valence-corrected chi connectivity index (χ3v) is 2.22. The molecule has 0 aliphatic carbocycles. The number of carbonyl (C=O) groups excluding carboxylic acids is 2. The highest BCUT2D eigenvalue weighted by atomic mass is 16.2. The van der Waals surface area contributed by atoms with E-state index in [1.54, 1.807) is 6.08 Å². The number of carbonyl (C=O) groups is 2. The largest absolute Gasteiger partial charge is 0.352 e. The van der Waals surface area contributed by atoms with Crippen molar-refractivity contribution in [1.82, 2.24) is 10.2 Å². The van der Waals surface area contributed by atoms with E-state index in [1.165, 1.54) is 0 Å². The van der Waals surface area contributed by atoms with Crippen LogP contribution < -0.4 is 5.32 Å². The molecule has 0 spiro atoms. The standard InChI is InChI=1S/C10H16N2O2/c1-2-5-11-10(14)8-12-6-3-9(13)4-7-12/h2H,1,3-8H2,(H,11,14). The summed E-state index contributed by atoms with van der Waals surface area (Å²) in [5, 5.41) is 2.71. The Bertz CT molecular complexity index is 228. The number of rotatable bonds is 4. The Morgan fingerprint density at radius 3 is 2.71 bits per heavy atom. The monoisotopic (exact) mass is 196 g/mol.